The molecule has 3 aromatic carbocycles. The summed E-state index contributed by atoms with van der Waals surface area (Å²) in [5.41, 5.74) is 10.4. The highest BCUT2D eigenvalue weighted by atomic mass is 16.5. The van der Waals surface area contributed by atoms with Crippen molar-refractivity contribution in [2.45, 2.75) is 19.4 Å². The molecular formula is C33H32N4O5. The summed E-state index contributed by atoms with van der Waals surface area (Å²) in [6.45, 7) is 3.94. The van der Waals surface area contributed by atoms with Crippen LogP contribution in [-0.4, -0.2) is 33.4 Å². The van der Waals surface area contributed by atoms with E-state index in [-0.39, 0.29) is 17.3 Å². The topological polar surface area (TPSA) is 121 Å². The fraction of sp³-hybridized carbons (Fsp3) is 0.212. The van der Waals surface area contributed by atoms with Gasteiger partial charge in [0, 0.05) is 5.56 Å². The molecule has 3 N–H and O–H groups in total. The highest BCUT2D eigenvalue weighted by molar-refractivity contribution is 5.97. The lowest BCUT2D eigenvalue weighted by Gasteiger charge is -2.37. The summed E-state index contributed by atoms with van der Waals surface area (Å²) in [5.74, 6) is 3.21. The first-order chi connectivity index (χ1) is 20.3. The number of nitrogen functional groups attached to an aromatic ring is 1. The molecule has 5 rings (SSSR count). The van der Waals surface area contributed by atoms with E-state index >= 15 is 0 Å². The van der Waals surface area contributed by atoms with E-state index < -0.39 is 5.54 Å². The third-order valence-corrected chi connectivity index (χ3v) is 7.37. The van der Waals surface area contributed by atoms with Crippen molar-refractivity contribution >= 4 is 17.1 Å². The fourth-order valence-electron chi connectivity index (χ4n) is 5.13. The quantitative estimate of drug-likeness (QED) is 0.249. The lowest BCUT2D eigenvalue weighted by molar-refractivity contribution is 0.354. The van der Waals surface area contributed by atoms with E-state index in [0.717, 1.165) is 22.3 Å². The van der Waals surface area contributed by atoms with Gasteiger partial charge in [-0.05, 0) is 72.5 Å². The molecule has 0 fully saturated rings. The van der Waals surface area contributed by atoms with Gasteiger partial charge in [0.05, 0.1) is 39.7 Å². The first-order valence-electron chi connectivity index (χ1n) is 13.2. The number of ether oxygens (including phenoxy) is 5. The predicted octanol–water partition coefficient (Wildman–Crippen LogP) is 6.44. The van der Waals surface area contributed by atoms with Crippen LogP contribution >= 0.6 is 0 Å². The Kier molecular flexibility index (Phi) is 7.55. The molecule has 42 heavy (non-hydrogen) atoms. The Bertz CT molecular complexity index is 1740. The minimum absolute atomic E-state index is 0.110. The Balaban J connectivity index is 1.77. The van der Waals surface area contributed by atoms with Gasteiger partial charge >= 0.3 is 0 Å². The lowest BCUT2D eigenvalue weighted by Crippen LogP contribution is -2.34. The van der Waals surface area contributed by atoms with Gasteiger partial charge < -0.3 is 34.7 Å². The number of hydrogen-bond acceptors (Lipinski definition) is 9. The summed E-state index contributed by atoms with van der Waals surface area (Å²) in [4.78, 5) is 4.58. The number of fused-ring (bicyclic) bond motifs is 1. The van der Waals surface area contributed by atoms with Crippen LogP contribution < -0.4 is 34.7 Å². The Morgan fingerprint density at radius 3 is 2.12 bits per heavy atom. The van der Waals surface area contributed by atoms with E-state index in [0.29, 0.717) is 40.0 Å². The van der Waals surface area contributed by atoms with Gasteiger partial charge in [0.1, 0.15) is 23.2 Å². The summed E-state index contributed by atoms with van der Waals surface area (Å²) in [6.07, 6.45) is 2.05. The Morgan fingerprint density at radius 2 is 1.48 bits per heavy atom. The largest absolute Gasteiger partial charge is 0.493 e. The SMILES string of the molecule is COc1ccc(C2=CC(C)(c3ccc(OC)c(OC)c3)Nc3c(C#N)c(Oc4ccccc4C)nc(N)c32)cc1OC. The average molecular weight is 565 g/mol. The summed E-state index contributed by atoms with van der Waals surface area (Å²) in [6, 6.07) is 21.2. The monoisotopic (exact) mass is 564 g/mol. The predicted molar refractivity (Wildman–Crippen MR) is 162 cm³/mol. The first-order valence-corrected chi connectivity index (χ1v) is 13.2. The molecule has 2 heterocycles. The summed E-state index contributed by atoms with van der Waals surface area (Å²) in [5, 5.41) is 14.0. The van der Waals surface area contributed by atoms with Crippen LogP contribution in [0.1, 0.15) is 34.7 Å². The zero-order valence-electron chi connectivity index (χ0n) is 24.4. The third-order valence-electron chi connectivity index (χ3n) is 7.37. The minimum Gasteiger partial charge on any atom is -0.493 e. The number of nitrogens with one attached hydrogen (secondary N) is 1. The van der Waals surface area contributed by atoms with Gasteiger partial charge in [0.2, 0.25) is 5.88 Å². The Morgan fingerprint density at radius 1 is 0.833 bits per heavy atom. The van der Waals surface area contributed by atoms with Gasteiger partial charge in [-0.1, -0.05) is 30.3 Å². The summed E-state index contributed by atoms with van der Waals surface area (Å²) >= 11 is 0. The maximum absolute atomic E-state index is 10.5. The second kappa shape index (κ2) is 11.3. The van der Waals surface area contributed by atoms with Crippen LogP contribution in [-0.2, 0) is 5.54 Å². The van der Waals surface area contributed by atoms with Crippen LogP contribution in [0, 0.1) is 18.3 Å². The molecule has 0 bridgehead atoms. The number of pyridine rings is 1. The normalized spacial score (nSPS) is 15.4. The van der Waals surface area contributed by atoms with Gasteiger partial charge in [-0.3, -0.25) is 0 Å². The number of nitrogens with zero attached hydrogens (tertiary/aromatic N) is 2. The van der Waals surface area contributed by atoms with Crippen LogP contribution in [0.5, 0.6) is 34.6 Å². The smallest absolute Gasteiger partial charge is 0.241 e. The van der Waals surface area contributed by atoms with Crippen molar-refractivity contribution in [1.82, 2.24) is 4.98 Å². The second-order valence-electron chi connectivity index (χ2n) is 9.93. The number of methoxy groups -OCH3 is 4. The minimum atomic E-state index is -0.825. The highest BCUT2D eigenvalue weighted by Gasteiger charge is 2.36. The zero-order chi connectivity index (χ0) is 30.0. The fourth-order valence-corrected chi connectivity index (χ4v) is 5.13. The van der Waals surface area contributed by atoms with E-state index in [9.17, 15) is 5.26 Å². The maximum Gasteiger partial charge on any atom is 0.241 e. The number of benzene rings is 3. The van der Waals surface area contributed by atoms with Crippen LogP contribution in [0.25, 0.3) is 5.57 Å². The summed E-state index contributed by atoms with van der Waals surface area (Å²) in [7, 11) is 6.35. The van der Waals surface area contributed by atoms with Crippen molar-refractivity contribution in [3.05, 3.63) is 94.6 Å². The molecule has 4 aromatic rings. The molecule has 0 saturated heterocycles. The molecule has 1 aliphatic rings. The average Bonchev–Trinajstić information content (AvgIpc) is 3.01. The molecule has 0 spiro atoms. The number of rotatable bonds is 8. The van der Waals surface area contributed by atoms with Crippen LogP contribution in [0.4, 0.5) is 11.5 Å². The van der Waals surface area contributed by atoms with Crippen LogP contribution in [0.15, 0.2) is 66.7 Å². The Labute approximate surface area is 245 Å². The van der Waals surface area contributed by atoms with Crippen molar-refractivity contribution in [2.75, 3.05) is 39.5 Å². The molecule has 0 amide bonds. The molecule has 0 saturated carbocycles. The number of anilines is 2. The van der Waals surface area contributed by atoms with Crippen molar-refractivity contribution < 1.29 is 23.7 Å². The molecular weight excluding hydrogens is 532 g/mol. The van der Waals surface area contributed by atoms with Crippen molar-refractivity contribution in [3.63, 3.8) is 0 Å². The lowest BCUT2D eigenvalue weighted by atomic mass is 9.81. The molecule has 1 aromatic heterocycles. The first kappa shape index (κ1) is 28.2. The van der Waals surface area contributed by atoms with Crippen molar-refractivity contribution in [2.24, 2.45) is 0 Å². The molecule has 9 nitrogen and oxygen atoms in total. The van der Waals surface area contributed by atoms with Gasteiger partial charge in [-0.15, -0.1) is 0 Å². The van der Waals surface area contributed by atoms with E-state index in [2.05, 4.69) is 22.4 Å². The molecule has 1 unspecified atom stereocenters. The molecule has 0 aliphatic carbocycles. The number of nitrogens with two attached hydrogens (primary N) is 1. The number of hydrogen-bond donors (Lipinski definition) is 2. The van der Waals surface area contributed by atoms with E-state index in [1.165, 1.54) is 0 Å². The van der Waals surface area contributed by atoms with E-state index in [1.807, 2.05) is 74.5 Å². The molecule has 9 heteroatoms. The van der Waals surface area contributed by atoms with Gasteiger partial charge in [0.15, 0.2) is 23.0 Å². The highest BCUT2D eigenvalue weighted by Crippen LogP contribution is 2.49. The van der Waals surface area contributed by atoms with Crippen LogP contribution in [0.3, 0.4) is 0 Å². The third kappa shape index (κ3) is 4.88. The Hall–Kier alpha value is -5.36. The number of aromatic nitrogens is 1. The number of aryl methyl sites for hydroxylation is 1. The van der Waals surface area contributed by atoms with Crippen LogP contribution in [0.2, 0.25) is 0 Å². The molecule has 1 atom stereocenters. The second-order valence-corrected chi connectivity index (χ2v) is 9.93. The molecule has 0 radical (unpaired) electrons. The van der Waals surface area contributed by atoms with Gasteiger partial charge in [-0.25, -0.2) is 0 Å². The molecule has 214 valence electrons. The summed E-state index contributed by atoms with van der Waals surface area (Å²) < 4.78 is 28.3. The van der Waals surface area contributed by atoms with E-state index in [4.69, 9.17) is 29.4 Å². The molecule has 1 aliphatic heterocycles. The van der Waals surface area contributed by atoms with E-state index in [1.54, 1.807) is 28.4 Å². The number of para-hydroxylation sites is 1. The van der Waals surface area contributed by atoms with Crippen molar-refractivity contribution in [1.29, 1.82) is 5.26 Å². The van der Waals surface area contributed by atoms with Gasteiger partial charge in [0.25, 0.3) is 0 Å². The van der Waals surface area contributed by atoms with Gasteiger partial charge in [-0.2, -0.15) is 10.2 Å². The number of nitriles is 1. The maximum atomic E-state index is 10.5. The standard InChI is InChI=1S/C33H32N4O5/c1-19-9-7-8-10-24(19)42-32-23(18-34)30-29(31(35)36-32)22(20-11-13-25(38-3)27(15-20)40-5)17-33(2,37-30)21-12-14-26(39-4)28(16-21)41-6/h7-17,37H,1-6H3,(H2,35,36). The zero-order valence-corrected chi connectivity index (χ0v) is 24.4. The van der Waals surface area contributed by atoms with Crippen molar-refractivity contribution in [3.8, 4) is 40.7 Å².